The van der Waals surface area contributed by atoms with Gasteiger partial charge in [0.2, 0.25) is 0 Å². The van der Waals surface area contributed by atoms with Crippen molar-refractivity contribution in [2.24, 2.45) is 0 Å². The van der Waals surface area contributed by atoms with Crippen LogP contribution >= 0.6 is 0 Å². The molecule has 1 aromatic heterocycles. The summed E-state index contributed by atoms with van der Waals surface area (Å²) in [6.45, 7) is 5.23. The van der Waals surface area contributed by atoms with Crippen molar-refractivity contribution in [2.75, 3.05) is 18.5 Å². The lowest BCUT2D eigenvalue weighted by Gasteiger charge is -2.21. The summed E-state index contributed by atoms with van der Waals surface area (Å²) in [6.07, 6.45) is 4.38. The van der Waals surface area contributed by atoms with Crippen molar-refractivity contribution < 1.29 is 9.13 Å². The minimum absolute atomic E-state index is 0.307. The van der Waals surface area contributed by atoms with E-state index in [0.717, 1.165) is 42.6 Å². The minimum Gasteiger partial charge on any atom is -0.491 e. The highest BCUT2D eigenvalue weighted by atomic mass is 19.1. The SMILES string of the molecule is CCNc1c2c(nc3cc(F)c(OCC)cc13)CCCC2. The predicted molar refractivity (Wildman–Crippen MR) is 83.7 cm³/mol. The van der Waals surface area contributed by atoms with Gasteiger partial charge in [0, 0.05) is 29.4 Å². The molecule has 0 radical (unpaired) electrons. The molecule has 1 aliphatic rings. The third-order valence-corrected chi connectivity index (χ3v) is 3.97. The lowest BCUT2D eigenvalue weighted by Crippen LogP contribution is -2.11. The highest BCUT2D eigenvalue weighted by Crippen LogP contribution is 2.36. The van der Waals surface area contributed by atoms with Crippen molar-refractivity contribution in [3.05, 3.63) is 29.2 Å². The monoisotopic (exact) mass is 288 g/mol. The van der Waals surface area contributed by atoms with Crippen molar-refractivity contribution >= 4 is 16.6 Å². The van der Waals surface area contributed by atoms with E-state index in [1.54, 1.807) is 6.07 Å². The van der Waals surface area contributed by atoms with Gasteiger partial charge in [-0.05, 0) is 51.2 Å². The summed E-state index contributed by atoms with van der Waals surface area (Å²) in [4.78, 5) is 4.69. The first-order valence-corrected chi connectivity index (χ1v) is 7.76. The number of anilines is 1. The van der Waals surface area contributed by atoms with E-state index < -0.39 is 0 Å². The van der Waals surface area contributed by atoms with E-state index in [0.29, 0.717) is 17.9 Å². The molecule has 0 bridgehead atoms. The van der Waals surface area contributed by atoms with Gasteiger partial charge in [0.1, 0.15) is 0 Å². The van der Waals surface area contributed by atoms with E-state index in [-0.39, 0.29) is 5.82 Å². The van der Waals surface area contributed by atoms with Gasteiger partial charge in [-0.3, -0.25) is 4.98 Å². The van der Waals surface area contributed by atoms with Gasteiger partial charge in [-0.15, -0.1) is 0 Å². The molecule has 3 rings (SSSR count). The number of nitrogens with zero attached hydrogens (tertiary/aromatic N) is 1. The summed E-state index contributed by atoms with van der Waals surface area (Å²) in [7, 11) is 0. The fourth-order valence-electron chi connectivity index (χ4n) is 3.07. The quantitative estimate of drug-likeness (QED) is 0.920. The van der Waals surface area contributed by atoms with E-state index in [2.05, 4.69) is 17.2 Å². The third kappa shape index (κ3) is 2.55. The Labute approximate surface area is 124 Å². The van der Waals surface area contributed by atoms with Crippen molar-refractivity contribution in [3.8, 4) is 5.75 Å². The van der Waals surface area contributed by atoms with E-state index in [1.807, 2.05) is 6.92 Å². The third-order valence-electron chi connectivity index (χ3n) is 3.97. The van der Waals surface area contributed by atoms with Crippen LogP contribution in [0.5, 0.6) is 5.75 Å². The molecule has 21 heavy (non-hydrogen) atoms. The molecule has 1 N–H and O–H groups in total. The minimum atomic E-state index is -0.338. The number of rotatable bonds is 4. The van der Waals surface area contributed by atoms with Crippen LogP contribution in [0.15, 0.2) is 12.1 Å². The summed E-state index contributed by atoms with van der Waals surface area (Å²) in [6, 6.07) is 3.28. The van der Waals surface area contributed by atoms with Crippen LogP contribution in [0.2, 0.25) is 0 Å². The van der Waals surface area contributed by atoms with Gasteiger partial charge in [-0.25, -0.2) is 4.39 Å². The van der Waals surface area contributed by atoms with E-state index in [9.17, 15) is 4.39 Å². The molecule has 0 saturated carbocycles. The van der Waals surface area contributed by atoms with Gasteiger partial charge in [0.25, 0.3) is 0 Å². The van der Waals surface area contributed by atoms with E-state index in [1.165, 1.54) is 18.1 Å². The lowest BCUT2D eigenvalue weighted by atomic mass is 9.92. The molecular weight excluding hydrogens is 267 g/mol. The van der Waals surface area contributed by atoms with Crippen LogP contribution in [-0.4, -0.2) is 18.1 Å². The number of aryl methyl sites for hydroxylation is 1. The predicted octanol–water partition coefficient (Wildman–Crippen LogP) is 4.08. The molecule has 0 saturated heterocycles. The molecule has 2 aromatic rings. The Morgan fingerprint density at radius 3 is 2.81 bits per heavy atom. The summed E-state index contributed by atoms with van der Waals surface area (Å²) < 4.78 is 19.5. The Kier molecular flexibility index (Phi) is 3.95. The molecule has 112 valence electrons. The molecule has 1 aromatic carbocycles. The molecule has 0 amide bonds. The standard InChI is InChI=1S/C17H21FN2O/c1-3-19-17-11-7-5-6-8-14(11)20-15-10-13(18)16(21-4-2)9-12(15)17/h9-10H,3-8H2,1-2H3,(H,19,20). The van der Waals surface area contributed by atoms with Crippen molar-refractivity contribution in [1.82, 2.24) is 4.98 Å². The maximum Gasteiger partial charge on any atom is 0.167 e. The van der Waals surface area contributed by atoms with Crippen LogP contribution in [0.4, 0.5) is 10.1 Å². The van der Waals surface area contributed by atoms with Gasteiger partial charge in [0.05, 0.1) is 12.1 Å². The Hall–Kier alpha value is -1.84. The van der Waals surface area contributed by atoms with Crippen molar-refractivity contribution in [3.63, 3.8) is 0 Å². The number of ether oxygens (including phenoxy) is 1. The van der Waals surface area contributed by atoms with Gasteiger partial charge >= 0.3 is 0 Å². The second-order valence-electron chi connectivity index (χ2n) is 5.38. The largest absolute Gasteiger partial charge is 0.491 e. The molecule has 0 atom stereocenters. The Morgan fingerprint density at radius 2 is 2.05 bits per heavy atom. The number of halogens is 1. The maximum atomic E-state index is 14.1. The maximum absolute atomic E-state index is 14.1. The van der Waals surface area contributed by atoms with Gasteiger partial charge in [0.15, 0.2) is 11.6 Å². The second kappa shape index (κ2) is 5.88. The van der Waals surface area contributed by atoms with Gasteiger partial charge in [-0.1, -0.05) is 0 Å². The number of pyridine rings is 1. The summed E-state index contributed by atoms with van der Waals surface area (Å²) in [5, 5.41) is 4.41. The smallest absolute Gasteiger partial charge is 0.167 e. The number of hydrogen-bond acceptors (Lipinski definition) is 3. The molecule has 4 heteroatoms. The zero-order valence-corrected chi connectivity index (χ0v) is 12.6. The van der Waals surface area contributed by atoms with Gasteiger partial charge in [-0.2, -0.15) is 0 Å². The molecule has 0 spiro atoms. The number of hydrogen-bond donors (Lipinski definition) is 1. The summed E-state index contributed by atoms with van der Waals surface area (Å²) in [5.41, 5.74) is 4.24. The molecule has 1 heterocycles. The first-order valence-electron chi connectivity index (χ1n) is 7.76. The number of benzene rings is 1. The van der Waals surface area contributed by atoms with Gasteiger partial charge < -0.3 is 10.1 Å². The molecule has 0 fully saturated rings. The van der Waals surface area contributed by atoms with E-state index >= 15 is 0 Å². The van der Waals surface area contributed by atoms with Crippen LogP contribution in [0.3, 0.4) is 0 Å². The number of nitrogens with one attached hydrogen (secondary N) is 1. The summed E-state index contributed by atoms with van der Waals surface area (Å²) >= 11 is 0. The highest BCUT2D eigenvalue weighted by Gasteiger charge is 2.19. The molecular formula is C17H21FN2O. The average molecular weight is 288 g/mol. The Morgan fingerprint density at radius 1 is 1.24 bits per heavy atom. The van der Waals surface area contributed by atoms with Crippen LogP contribution in [0.1, 0.15) is 37.9 Å². The van der Waals surface area contributed by atoms with Crippen molar-refractivity contribution in [1.29, 1.82) is 0 Å². The topological polar surface area (TPSA) is 34.2 Å². The molecule has 3 nitrogen and oxygen atoms in total. The zero-order valence-electron chi connectivity index (χ0n) is 12.6. The normalized spacial score (nSPS) is 14.0. The van der Waals surface area contributed by atoms with Crippen LogP contribution in [0, 0.1) is 5.82 Å². The summed E-state index contributed by atoms with van der Waals surface area (Å²) in [5.74, 6) is -0.0308. The highest BCUT2D eigenvalue weighted by molar-refractivity contribution is 5.94. The molecule has 0 aliphatic heterocycles. The first kappa shape index (κ1) is 14.1. The number of fused-ring (bicyclic) bond motifs is 2. The average Bonchev–Trinajstić information content (AvgIpc) is 2.49. The van der Waals surface area contributed by atoms with E-state index in [4.69, 9.17) is 4.74 Å². The first-order chi connectivity index (χ1) is 10.2. The Bertz CT molecular complexity index is 670. The van der Waals surface area contributed by atoms with Crippen molar-refractivity contribution in [2.45, 2.75) is 39.5 Å². The zero-order chi connectivity index (χ0) is 14.8. The second-order valence-corrected chi connectivity index (χ2v) is 5.38. The Balaban J connectivity index is 2.25. The fourth-order valence-corrected chi connectivity index (χ4v) is 3.07. The lowest BCUT2D eigenvalue weighted by molar-refractivity contribution is 0.322. The fraction of sp³-hybridized carbons (Fsp3) is 0.471. The number of aromatic nitrogens is 1. The van der Waals surface area contributed by atoms with Crippen LogP contribution in [0.25, 0.3) is 10.9 Å². The van der Waals surface area contributed by atoms with Crippen LogP contribution in [-0.2, 0) is 12.8 Å². The molecule has 0 unspecified atom stereocenters. The molecule has 1 aliphatic carbocycles. The van der Waals surface area contributed by atoms with Crippen LogP contribution < -0.4 is 10.1 Å².